The lowest BCUT2D eigenvalue weighted by molar-refractivity contribution is -0.136. The number of nitrogens with zero attached hydrogens (tertiary/aromatic N) is 3. The maximum atomic E-state index is 12.9. The van der Waals surface area contributed by atoms with Crippen molar-refractivity contribution in [1.82, 2.24) is 20.4 Å². The first-order valence-corrected chi connectivity index (χ1v) is 12.9. The van der Waals surface area contributed by atoms with E-state index in [-0.39, 0.29) is 18.4 Å². The minimum Gasteiger partial charge on any atom is -0.369 e. The maximum Gasteiger partial charge on any atom is 0.325 e. The Labute approximate surface area is 203 Å². The van der Waals surface area contributed by atoms with Gasteiger partial charge in [0.05, 0.1) is 0 Å². The Balaban J connectivity index is 1.11. The highest BCUT2D eigenvalue weighted by Crippen LogP contribution is 2.37. The zero-order chi connectivity index (χ0) is 24.0. The molecular weight excluding hydrogens is 430 g/mol. The number of para-hydroxylation sites is 1. The van der Waals surface area contributed by atoms with Crippen molar-refractivity contribution in [2.45, 2.75) is 57.4 Å². The molecule has 1 saturated carbocycles. The smallest absolute Gasteiger partial charge is 0.325 e. The van der Waals surface area contributed by atoms with Gasteiger partial charge >= 0.3 is 6.03 Å². The fraction of sp³-hybridized carbons (Fsp3) is 0.654. The number of unbranched alkanes of at least 4 members (excludes halogenated alkanes) is 1. The minimum absolute atomic E-state index is 0.189. The minimum atomic E-state index is -0.784. The molecule has 2 aliphatic heterocycles. The zero-order valence-corrected chi connectivity index (χ0v) is 20.4. The van der Waals surface area contributed by atoms with Crippen molar-refractivity contribution in [1.29, 1.82) is 0 Å². The number of amides is 4. The number of piperazine rings is 1. The largest absolute Gasteiger partial charge is 0.369 e. The molecule has 1 spiro atoms. The van der Waals surface area contributed by atoms with Crippen LogP contribution in [0.25, 0.3) is 0 Å². The van der Waals surface area contributed by atoms with E-state index >= 15 is 0 Å². The predicted octanol–water partition coefficient (Wildman–Crippen LogP) is 2.60. The zero-order valence-electron chi connectivity index (χ0n) is 20.4. The number of hydrogen-bond acceptors (Lipinski definition) is 5. The first kappa shape index (κ1) is 24.5. The molecule has 8 nitrogen and oxygen atoms in total. The van der Waals surface area contributed by atoms with Crippen LogP contribution in [0.15, 0.2) is 30.3 Å². The second-order valence-corrected chi connectivity index (χ2v) is 9.98. The van der Waals surface area contributed by atoms with E-state index in [0.29, 0.717) is 25.3 Å². The number of carbonyl (C=O) groups is 3. The Morgan fingerprint density at radius 2 is 1.76 bits per heavy atom. The van der Waals surface area contributed by atoms with Crippen molar-refractivity contribution in [3.63, 3.8) is 0 Å². The molecule has 0 atom stereocenters. The predicted molar refractivity (Wildman–Crippen MR) is 133 cm³/mol. The molecule has 0 bridgehead atoms. The maximum absolute atomic E-state index is 12.9. The third-order valence-electron chi connectivity index (χ3n) is 7.80. The third-order valence-corrected chi connectivity index (χ3v) is 7.80. The molecule has 4 rings (SSSR count). The highest BCUT2D eigenvalue weighted by Gasteiger charge is 2.52. The quantitative estimate of drug-likeness (QED) is 0.429. The number of rotatable bonds is 9. The van der Waals surface area contributed by atoms with Gasteiger partial charge in [0.25, 0.3) is 5.91 Å². The van der Waals surface area contributed by atoms with E-state index < -0.39 is 11.6 Å². The lowest BCUT2D eigenvalue weighted by Crippen LogP contribution is -2.50. The number of benzene rings is 1. The highest BCUT2D eigenvalue weighted by atomic mass is 16.2. The molecule has 2 heterocycles. The molecule has 0 aromatic heterocycles. The van der Waals surface area contributed by atoms with E-state index in [1.54, 1.807) is 0 Å². The molecule has 2 N–H and O–H groups in total. The van der Waals surface area contributed by atoms with Crippen LogP contribution in [0.4, 0.5) is 10.5 Å². The lowest BCUT2D eigenvalue weighted by Gasteiger charge is -2.36. The number of anilines is 1. The summed E-state index contributed by atoms with van der Waals surface area (Å²) in [7, 11) is 0. The fourth-order valence-electron chi connectivity index (χ4n) is 5.49. The molecule has 0 radical (unpaired) electrons. The van der Waals surface area contributed by atoms with E-state index in [9.17, 15) is 14.4 Å². The van der Waals surface area contributed by atoms with E-state index in [1.165, 1.54) is 5.69 Å². The van der Waals surface area contributed by atoms with Crippen LogP contribution in [0.5, 0.6) is 0 Å². The van der Waals surface area contributed by atoms with Gasteiger partial charge < -0.3 is 15.5 Å². The molecule has 8 heteroatoms. The topological polar surface area (TPSA) is 85.0 Å². The van der Waals surface area contributed by atoms with Crippen LogP contribution in [0.1, 0.15) is 51.9 Å². The van der Waals surface area contributed by atoms with Crippen molar-refractivity contribution in [2.24, 2.45) is 5.92 Å². The van der Waals surface area contributed by atoms with Crippen molar-refractivity contribution in [2.75, 3.05) is 50.7 Å². The second-order valence-electron chi connectivity index (χ2n) is 9.98. The summed E-state index contributed by atoms with van der Waals surface area (Å²) in [5, 5.41) is 5.78. The summed E-state index contributed by atoms with van der Waals surface area (Å²) in [5.74, 6) is 0.136. The Kier molecular flexibility index (Phi) is 8.08. The molecule has 186 valence electrons. The summed E-state index contributed by atoms with van der Waals surface area (Å²) in [4.78, 5) is 43.8. The van der Waals surface area contributed by atoms with E-state index in [1.807, 2.05) is 6.07 Å². The Bertz CT molecular complexity index is 845. The van der Waals surface area contributed by atoms with Crippen LogP contribution >= 0.6 is 0 Å². The molecule has 4 amide bonds. The Morgan fingerprint density at radius 3 is 2.44 bits per heavy atom. The number of imide groups is 1. The summed E-state index contributed by atoms with van der Waals surface area (Å²) in [6.07, 6.45) is 6.24. The van der Waals surface area contributed by atoms with Gasteiger partial charge in [-0.25, -0.2) is 4.79 Å². The van der Waals surface area contributed by atoms with Gasteiger partial charge in [-0.15, -0.1) is 0 Å². The van der Waals surface area contributed by atoms with Crippen LogP contribution < -0.4 is 15.5 Å². The lowest BCUT2D eigenvalue weighted by atomic mass is 9.75. The number of nitrogens with one attached hydrogen (secondary N) is 2. The molecule has 1 aliphatic carbocycles. The number of urea groups is 1. The molecule has 0 unspecified atom stereocenters. The van der Waals surface area contributed by atoms with Gasteiger partial charge in [0.1, 0.15) is 12.1 Å². The summed E-state index contributed by atoms with van der Waals surface area (Å²) in [6, 6.07) is 10.1. The molecule has 1 aromatic carbocycles. The van der Waals surface area contributed by atoms with Crippen LogP contribution in [0, 0.1) is 5.92 Å². The normalized spacial score (nSPS) is 25.6. The van der Waals surface area contributed by atoms with Gasteiger partial charge in [-0.05, 0) is 63.1 Å². The molecule has 34 heavy (non-hydrogen) atoms. The van der Waals surface area contributed by atoms with E-state index in [2.05, 4.69) is 51.6 Å². The van der Waals surface area contributed by atoms with Crippen molar-refractivity contribution in [3.05, 3.63) is 30.3 Å². The van der Waals surface area contributed by atoms with Gasteiger partial charge in [0.15, 0.2) is 0 Å². The molecule has 2 saturated heterocycles. The standard InChI is InChI=1S/C26H39N5O3/c1-2-21-10-12-26(13-11-21)24(33)31(25(34)28-26)20-23(32)27-14-6-7-15-29-16-18-30(19-17-29)22-8-4-3-5-9-22/h3-5,8-9,21H,2,6-7,10-20H2,1H3,(H,27,32)(H,28,34). The Morgan fingerprint density at radius 1 is 1.06 bits per heavy atom. The van der Waals surface area contributed by atoms with Gasteiger partial charge in [0, 0.05) is 38.4 Å². The van der Waals surface area contributed by atoms with Gasteiger partial charge in [-0.3, -0.25) is 19.4 Å². The van der Waals surface area contributed by atoms with Gasteiger partial charge in [-0.2, -0.15) is 0 Å². The second kappa shape index (κ2) is 11.2. The Hall–Kier alpha value is -2.61. The summed E-state index contributed by atoms with van der Waals surface area (Å²) in [5.41, 5.74) is 0.502. The van der Waals surface area contributed by atoms with Crippen LogP contribution in [0.3, 0.4) is 0 Å². The average Bonchev–Trinajstić information content (AvgIpc) is 3.09. The van der Waals surface area contributed by atoms with Crippen molar-refractivity contribution in [3.8, 4) is 0 Å². The average molecular weight is 470 g/mol. The molecule has 3 aliphatic rings. The van der Waals surface area contributed by atoms with Crippen LogP contribution in [-0.4, -0.2) is 79.0 Å². The van der Waals surface area contributed by atoms with E-state index in [4.69, 9.17) is 0 Å². The fourth-order valence-corrected chi connectivity index (χ4v) is 5.49. The van der Waals surface area contributed by atoms with E-state index in [0.717, 1.165) is 69.7 Å². The third kappa shape index (κ3) is 5.71. The highest BCUT2D eigenvalue weighted by molar-refractivity contribution is 6.09. The first-order valence-electron chi connectivity index (χ1n) is 12.9. The van der Waals surface area contributed by atoms with Crippen molar-refractivity contribution >= 4 is 23.5 Å². The van der Waals surface area contributed by atoms with Crippen LogP contribution in [0.2, 0.25) is 0 Å². The summed E-state index contributed by atoms with van der Waals surface area (Å²) >= 11 is 0. The van der Waals surface area contributed by atoms with Crippen LogP contribution in [-0.2, 0) is 9.59 Å². The summed E-state index contributed by atoms with van der Waals surface area (Å²) < 4.78 is 0. The SMILES string of the molecule is CCC1CCC2(CC1)NC(=O)N(CC(=O)NCCCCN1CCN(c3ccccc3)CC1)C2=O. The van der Waals surface area contributed by atoms with Crippen molar-refractivity contribution < 1.29 is 14.4 Å². The monoisotopic (exact) mass is 469 g/mol. The number of hydrogen-bond donors (Lipinski definition) is 2. The molecule has 3 fully saturated rings. The molecule has 1 aromatic rings. The first-order chi connectivity index (χ1) is 16.5. The van der Waals surface area contributed by atoms with Gasteiger partial charge in [0.2, 0.25) is 5.91 Å². The summed E-state index contributed by atoms with van der Waals surface area (Å²) in [6.45, 7) is 7.73. The van der Waals surface area contributed by atoms with Gasteiger partial charge in [-0.1, -0.05) is 31.5 Å². The number of carbonyl (C=O) groups excluding carboxylic acids is 3. The molecular formula is C26H39N5O3.